The van der Waals surface area contributed by atoms with Crippen molar-refractivity contribution < 1.29 is 13.9 Å². The van der Waals surface area contributed by atoms with Crippen LogP contribution in [-0.2, 0) is 4.74 Å². The molecule has 0 aliphatic heterocycles. The first-order valence-corrected chi connectivity index (χ1v) is 7.22. The van der Waals surface area contributed by atoms with Crippen LogP contribution in [0.1, 0.15) is 33.6 Å². The van der Waals surface area contributed by atoms with E-state index in [-0.39, 0.29) is 18.0 Å². The summed E-state index contributed by atoms with van der Waals surface area (Å²) in [5.74, 6) is -0.231. The summed E-state index contributed by atoms with van der Waals surface area (Å²) in [4.78, 5) is 13.8. The zero-order valence-corrected chi connectivity index (χ0v) is 13.0. The van der Waals surface area contributed by atoms with Gasteiger partial charge in [-0.15, -0.1) is 0 Å². The molecule has 1 aromatic carbocycles. The Labute approximate surface area is 125 Å². The lowest BCUT2D eigenvalue weighted by Gasteiger charge is -2.42. The van der Waals surface area contributed by atoms with Crippen LogP contribution in [0.5, 0.6) is 0 Å². The van der Waals surface area contributed by atoms with Crippen LogP contribution in [0, 0.1) is 5.82 Å². The van der Waals surface area contributed by atoms with Crippen molar-refractivity contribution in [1.82, 2.24) is 5.32 Å². The van der Waals surface area contributed by atoms with Crippen molar-refractivity contribution in [2.24, 2.45) is 0 Å². The zero-order valence-electron chi connectivity index (χ0n) is 13.0. The topological polar surface area (TPSA) is 41.6 Å². The van der Waals surface area contributed by atoms with Crippen molar-refractivity contribution in [3.05, 3.63) is 30.1 Å². The van der Waals surface area contributed by atoms with Crippen LogP contribution >= 0.6 is 0 Å². The maximum absolute atomic E-state index is 12.9. The first-order chi connectivity index (χ1) is 9.74. The Hall–Kier alpha value is -1.78. The molecule has 0 aromatic heterocycles. The predicted octanol–water partition coefficient (Wildman–Crippen LogP) is 3.32. The van der Waals surface area contributed by atoms with Gasteiger partial charge in [-0.3, -0.25) is 0 Å². The number of ether oxygens (including phenoxy) is 1. The third-order valence-electron chi connectivity index (χ3n) is 3.62. The summed E-state index contributed by atoms with van der Waals surface area (Å²) >= 11 is 0. The van der Waals surface area contributed by atoms with Crippen LogP contribution in [0.15, 0.2) is 24.3 Å². The lowest BCUT2D eigenvalue weighted by molar-refractivity contribution is 0.0471. The first kappa shape index (κ1) is 15.6. The Balaban J connectivity index is 1.78. The summed E-state index contributed by atoms with van der Waals surface area (Å²) in [7, 11) is 1.99. The molecule has 0 spiro atoms. The second kappa shape index (κ2) is 5.92. The van der Waals surface area contributed by atoms with Gasteiger partial charge in [0.2, 0.25) is 0 Å². The van der Waals surface area contributed by atoms with Gasteiger partial charge in [-0.05, 0) is 57.9 Å². The summed E-state index contributed by atoms with van der Waals surface area (Å²) in [6.45, 7) is 5.54. The molecule has 0 atom stereocenters. The van der Waals surface area contributed by atoms with Crippen molar-refractivity contribution in [1.29, 1.82) is 0 Å². The summed E-state index contributed by atoms with van der Waals surface area (Å²) < 4.78 is 18.1. The molecule has 0 saturated heterocycles. The molecule has 5 heteroatoms. The summed E-state index contributed by atoms with van der Waals surface area (Å²) in [5.41, 5.74) is 0.509. The van der Waals surface area contributed by atoms with Gasteiger partial charge < -0.3 is 15.0 Å². The molecular formula is C16H23FN2O2. The van der Waals surface area contributed by atoms with Crippen LogP contribution in [0.4, 0.5) is 14.9 Å². The highest BCUT2D eigenvalue weighted by atomic mass is 19.1. The standard InChI is InChI=1S/C16H23FN2O2/c1-16(2,3)21-15(20)18-12-9-14(10-12)19(4)13-7-5-11(17)6-8-13/h5-8,12,14H,9-10H2,1-4H3,(H,18,20). The van der Waals surface area contributed by atoms with E-state index in [0.717, 1.165) is 18.5 Å². The fourth-order valence-corrected chi connectivity index (χ4v) is 2.38. The van der Waals surface area contributed by atoms with Crippen LogP contribution in [-0.4, -0.2) is 30.8 Å². The molecule has 0 heterocycles. The maximum Gasteiger partial charge on any atom is 0.407 e. The quantitative estimate of drug-likeness (QED) is 0.930. The fraction of sp³-hybridized carbons (Fsp3) is 0.562. The van der Waals surface area contributed by atoms with E-state index < -0.39 is 5.60 Å². The van der Waals surface area contributed by atoms with E-state index >= 15 is 0 Å². The number of alkyl carbamates (subject to hydrolysis) is 1. The minimum absolute atomic E-state index is 0.146. The number of hydrogen-bond donors (Lipinski definition) is 1. The van der Waals surface area contributed by atoms with Gasteiger partial charge >= 0.3 is 6.09 Å². The molecule has 116 valence electrons. The lowest BCUT2D eigenvalue weighted by Crippen LogP contribution is -2.53. The molecule has 1 aliphatic carbocycles. The number of nitrogens with zero attached hydrogens (tertiary/aromatic N) is 1. The molecule has 2 rings (SSSR count). The molecule has 21 heavy (non-hydrogen) atoms. The Morgan fingerprint density at radius 1 is 1.29 bits per heavy atom. The monoisotopic (exact) mass is 294 g/mol. The van der Waals surface area contributed by atoms with Crippen LogP contribution in [0.2, 0.25) is 0 Å². The van der Waals surface area contributed by atoms with E-state index in [2.05, 4.69) is 10.2 Å². The van der Waals surface area contributed by atoms with Gasteiger partial charge in [0, 0.05) is 24.8 Å². The van der Waals surface area contributed by atoms with E-state index in [9.17, 15) is 9.18 Å². The Kier molecular flexibility index (Phi) is 4.40. The Morgan fingerprint density at radius 2 is 1.86 bits per heavy atom. The molecule has 1 N–H and O–H groups in total. The van der Waals surface area contributed by atoms with Crippen molar-refractivity contribution in [2.45, 2.75) is 51.3 Å². The lowest BCUT2D eigenvalue weighted by atomic mass is 9.85. The highest BCUT2D eigenvalue weighted by Crippen LogP contribution is 2.29. The normalized spacial score (nSPS) is 21.4. The molecule has 1 amide bonds. The highest BCUT2D eigenvalue weighted by Gasteiger charge is 2.34. The third kappa shape index (κ3) is 4.34. The minimum atomic E-state index is -0.474. The summed E-state index contributed by atoms with van der Waals surface area (Å²) in [6.07, 6.45) is 1.37. The van der Waals surface area contributed by atoms with Gasteiger partial charge in [0.25, 0.3) is 0 Å². The fourth-order valence-electron chi connectivity index (χ4n) is 2.38. The number of amides is 1. The predicted molar refractivity (Wildman–Crippen MR) is 81.0 cm³/mol. The van der Waals surface area contributed by atoms with Crippen LogP contribution < -0.4 is 10.2 Å². The maximum atomic E-state index is 12.9. The Bertz CT molecular complexity index is 490. The van der Waals surface area contributed by atoms with Crippen molar-refractivity contribution in [2.75, 3.05) is 11.9 Å². The van der Waals surface area contributed by atoms with Gasteiger partial charge in [0.05, 0.1) is 0 Å². The molecule has 4 nitrogen and oxygen atoms in total. The number of halogens is 1. The number of carbonyl (C=O) groups excluding carboxylic acids is 1. The zero-order chi connectivity index (χ0) is 15.6. The summed E-state index contributed by atoms with van der Waals surface area (Å²) in [5, 5.41) is 2.87. The highest BCUT2D eigenvalue weighted by molar-refractivity contribution is 5.68. The molecule has 0 radical (unpaired) electrons. The molecule has 1 saturated carbocycles. The molecule has 1 aliphatic rings. The van der Waals surface area contributed by atoms with E-state index in [0.29, 0.717) is 6.04 Å². The van der Waals surface area contributed by atoms with Crippen LogP contribution in [0.3, 0.4) is 0 Å². The number of carbonyl (C=O) groups is 1. The van der Waals surface area contributed by atoms with Crippen molar-refractivity contribution in [3.63, 3.8) is 0 Å². The second-order valence-corrected chi connectivity index (χ2v) is 6.56. The number of benzene rings is 1. The van der Waals surface area contributed by atoms with Gasteiger partial charge in [-0.1, -0.05) is 0 Å². The van der Waals surface area contributed by atoms with Crippen molar-refractivity contribution in [3.8, 4) is 0 Å². The number of nitrogens with one attached hydrogen (secondary N) is 1. The second-order valence-electron chi connectivity index (χ2n) is 6.56. The molecule has 1 fully saturated rings. The average molecular weight is 294 g/mol. The van der Waals surface area contributed by atoms with E-state index in [4.69, 9.17) is 4.74 Å². The van der Waals surface area contributed by atoms with E-state index in [1.54, 1.807) is 12.1 Å². The van der Waals surface area contributed by atoms with Gasteiger partial charge in [0.1, 0.15) is 11.4 Å². The molecule has 1 aromatic rings. The van der Waals surface area contributed by atoms with E-state index in [1.165, 1.54) is 12.1 Å². The van der Waals surface area contributed by atoms with E-state index in [1.807, 2.05) is 27.8 Å². The third-order valence-corrected chi connectivity index (χ3v) is 3.62. The molecule has 0 unspecified atom stereocenters. The molecule has 0 bridgehead atoms. The van der Waals surface area contributed by atoms with Crippen molar-refractivity contribution >= 4 is 11.8 Å². The minimum Gasteiger partial charge on any atom is -0.444 e. The SMILES string of the molecule is CN(c1ccc(F)cc1)C1CC(NC(=O)OC(C)(C)C)C1. The summed E-state index contributed by atoms with van der Waals surface area (Å²) in [6, 6.07) is 6.96. The molecular weight excluding hydrogens is 271 g/mol. The number of rotatable bonds is 3. The first-order valence-electron chi connectivity index (χ1n) is 7.22. The largest absolute Gasteiger partial charge is 0.444 e. The smallest absolute Gasteiger partial charge is 0.407 e. The average Bonchev–Trinajstić information content (AvgIpc) is 2.31. The number of hydrogen-bond acceptors (Lipinski definition) is 3. The van der Waals surface area contributed by atoms with Crippen LogP contribution in [0.25, 0.3) is 0 Å². The van der Waals surface area contributed by atoms with Gasteiger partial charge in [-0.2, -0.15) is 0 Å². The van der Waals surface area contributed by atoms with Gasteiger partial charge in [0.15, 0.2) is 0 Å². The van der Waals surface area contributed by atoms with Gasteiger partial charge in [-0.25, -0.2) is 9.18 Å². The number of anilines is 1. The Morgan fingerprint density at radius 3 is 2.38 bits per heavy atom.